The first kappa shape index (κ1) is 26.2. The van der Waals surface area contributed by atoms with Crippen LogP contribution >= 0.6 is 12.2 Å². The first-order valence-electron chi connectivity index (χ1n) is 11.2. The average Bonchev–Trinajstić information content (AvgIpc) is 2.83. The van der Waals surface area contributed by atoms with Gasteiger partial charge in [-0.25, -0.2) is 9.97 Å². The number of aryl methyl sites for hydroxylation is 1. The van der Waals surface area contributed by atoms with Crippen LogP contribution in [0.4, 0.5) is 5.82 Å². The van der Waals surface area contributed by atoms with Gasteiger partial charge in [0.1, 0.15) is 12.4 Å². The van der Waals surface area contributed by atoms with E-state index in [4.69, 9.17) is 26.4 Å². The van der Waals surface area contributed by atoms with Gasteiger partial charge in [0.25, 0.3) is 5.88 Å². The number of aliphatic imine (C=N–C) groups is 1. The van der Waals surface area contributed by atoms with Crippen molar-refractivity contribution in [2.75, 3.05) is 13.4 Å². The van der Waals surface area contributed by atoms with Gasteiger partial charge in [0, 0.05) is 20.2 Å². The molecule has 0 N–H and O–H groups in total. The van der Waals surface area contributed by atoms with E-state index in [2.05, 4.69) is 45.8 Å². The number of hydrogen-bond donors (Lipinski definition) is 0. The first-order chi connectivity index (χ1) is 16.8. The van der Waals surface area contributed by atoms with E-state index < -0.39 is 8.07 Å². The molecule has 0 unspecified atom stereocenters. The van der Waals surface area contributed by atoms with Gasteiger partial charge in [-0.2, -0.15) is 10.3 Å². The fourth-order valence-corrected chi connectivity index (χ4v) is 4.08. The summed E-state index contributed by atoms with van der Waals surface area (Å²) in [4.78, 5) is 13.1. The number of nitrogens with zero attached hydrogens (tertiary/aromatic N) is 4. The summed E-state index contributed by atoms with van der Waals surface area (Å²) in [5, 5.41) is 11.8. The summed E-state index contributed by atoms with van der Waals surface area (Å²) in [6, 6.07) is 16.4. The van der Waals surface area contributed by atoms with Gasteiger partial charge in [0.2, 0.25) is 5.82 Å². The van der Waals surface area contributed by atoms with E-state index in [1.807, 2.05) is 37.3 Å². The Morgan fingerprint density at radius 3 is 2.57 bits per heavy atom. The molecular weight excluding hydrogens is 476 g/mol. The zero-order valence-electron chi connectivity index (χ0n) is 20.4. The SMILES string of the molecule is Cc1cc(C#N)cc(OCOCC[Si](C)(C)C)c1-c1cnc(OCc2ccccc2)c(N=C=S)n1. The highest BCUT2D eigenvalue weighted by atomic mass is 32.1. The molecule has 0 fully saturated rings. The lowest BCUT2D eigenvalue weighted by Crippen LogP contribution is -2.22. The van der Waals surface area contributed by atoms with Crippen molar-refractivity contribution >= 4 is 31.3 Å². The second kappa shape index (κ2) is 12.3. The summed E-state index contributed by atoms with van der Waals surface area (Å²) in [6.07, 6.45) is 1.59. The molecule has 9 heteroatoms. The van der Waals surface area contributed by atoms with E-state index in [0.29, 0.717) is 35.8 Å². The second-order valence-electron chi connectivity index (χ2n) is 9.12. The molecule has 1 aromatic heterocycles. The molecule has 0 bridgehead atoms. The van der Waals surface area contributed by atoms with E-state index in [0.717, 1.165) is 17.2 Å². The molecule has 0 aliphatic carbocycles. The predicted octanol–water partition coefficient (Wildman–Crippen LogP) is 6.33. The molecule has 1 heterocycles. The predicted molar refractivity (Wildman–Crippen MR) is 142 cm³/mol. The zero-order valence-corrected chi connectivity index (χ0v) is 22.2. The minimum Gasteiger partial charge on any atom is -0.470 e. The highest BCUT2D eigenvalue weighted by Gasteiger charge is 2.18. The third-order valence-corrected chi connectivity index (χ3v) is 6.87. The van der Waals surface area contributed by atoms with Gasteiger partial charge in [-0.3, -0.25) is 0 Å². The van der Waals surface area contributed by atoms with Crippen LogP contribution in [0.1, 0.15) is 16.7 Å². The maximum atomic E-state index is 9.44. The van der Waals surface area contributed by atoms with Crippen molar-refractivity contribution in [2.24, 2.45) is 4.99 Å². The highest BCUT2D eigenvalue weighted by Crippen LogP contribution is 2.36. The van der Waals surface area contributed by atoms with E-state index in [1.165, 1.54) is 0 Å². The maximum absolute atomic E-state index is 9.44. The van der Waals surface area contributed by atoms with Crippen molar-refractivity contribution in [1.82, 2.24) is 9.97 Å². The van der Waals surface area contributed by atoms with Crippen LogP contribution in [0.15, 0.2) is 53.7 Å². The van der Waals surface area contributed by atoms with E-state index >= 15 is 0 Å². The Kier molecular flexibility index (Phi) is 9.23. The number of thiocarbonyl (C=S) groups is 1. The molecule has 7 nitrogen and oxygen atoms in total. The summed E-state index contributed by atoms with van der Waals surface area (Å²) < 4.78 is 17.5. The summed E-state index contributed by atoms with van der Waals surface area (Å²) >= 11 is 4.81. The molecule has 0 spiro atoms. The van der Waals surface area contributed by atoms with Crippen LogP contribution in [0.25, 0.3) is 11.3 Å². The van der Waals surface area contributed by atoms with Crippen LogP contribution in [0.5, 0.6) is 11.6 Å². The summed E-state index contributed by atoms with van der Waals surface area (Å²) in [7, 11) is -1.20. The number of ether oxygens (including phenoxy) is 3. The quantitative estimate of drug-likeness (QED) is 0.0991. The number of hydrogen-bond acceptors (Lipinski definition) is 8. The lowest BCUT2D eigenvalue weighted by atomic mass is 10.0. The summed E-state index contributed by atoms with van der Waals surface area (Å²) in [6.45, 7) is 9.78. The fourth-order valence-electron chi connectivity index (χ4n) is 3.24. The van der Waals surface area contributed by atoms with Gasteiger partial charge in [-0.15, -0.1) is 0 Å². The Labute approximate surface area is 212 Å². The van der Waals surface area contributed by atoms with Gasteiger partial charge in [0.05, 0.1) is 28.7 Å². The van der Waals surface area contributed by atoms with Crippen molar-refractivity contribution < 1.29 is 14.2 Å². The monoisotopic (exact) mass is 504 g/mol. The molecule has 3 rings (SSSR count). The van der Waals surface area contributed by atoms with Crippen LogP contribution in [-0.2, 0) is 11.3 Å². The highest BCUT2D eigenvalue weighted by molar-refractivity contribution is 7.78. The zero-order chi connectivity index (χ0) is 25.3. The van der Waals surface area contributed by atoms with Crippen LogP contribution < -0.4 is 9.47 Å². The average molecular weight is 505 g/mol. The smallest absolute Gasteiger partial charge is 0.260 e. The second-order valence-corrected chi connectivity index (χ2v) is 14.9. The standard InChI is InChI=1S/C26H28N4O3SSi/c1-19-12-21(14-27)13-23(33-18-31-10-11-35(2,3)4)24(19)22-15-28-26(25(30-22)29-17-34)32-16-20-8-6-5-7-9-20/h5-9,12-13,15H,10-11,16,18H2,1-4H3. The van der Waals surface area contributed by atoms with E-state index in [-0.39, 0.29) is 18.5 Å². The Hall–Kier alpha value is -3.41. The van der Waals surface area contributed by atoms with Crippen molar-refractivity contribution in [3.8, 4) is 29.0 Å². The van der Waals surface area contributed by atoms with E-state index in [1.54, 1.807) is 18.3 Å². The minimum atomic E-state index is -1.20. The Balaban J connectivity index is 1.87. The maximum Gasteiger partial charge on any atom is 0.260 e. The Morgan fingerprint density at radius 2 is 1.89 bits per heavy atom. The van der Waals surface area contributed by atoms with E-state index in [9.17, 15) is 5.26 Å². The molecule has 0 saturated heterocycles. The fraction of sp³-hybridized carbons (Fsp3) is 0.308. The van der Waals surface area contributed by atoms with Gasteiger partial charge in [-0.1, -0.05) is 50.0 Å². The topological polar surface area (TPSA) is 89.6 Å². The van der Waals surface area contributed by atoms with Crippen molar-refractivity contribution in [3.63, 3.8) is 0 Å². The van der Waals surface area contributed by atoms with Gasteiger partial charge >= 0.3 is 0 Å². The Bertz CT molecular complexity index is 1250. The normalized spacial score (nSPS) is 10.8. The molecule has 0 saturated carbocycles. The van der Waals surface area contributed by atoms with Crippen LogP contribution in [0.2, 0.25) is 25.7 Å². The molecule has 3 aromatic rings. The lowest BCUT2D eigenvalue weighted by Gasteiger charge is -2.17. The third kappa shape index (κ3) is 7.81. The minimum absolute atomic E-state index is 0.0719. The molecule has 0 radical (unpaired) electrons. The first-order valence-corrected chi connectivity index (χ1v) is 15.3. The molecule has 0 aliphatic heterocycles. The van der Waals surface area contributed by atoms with Crippen molar-refractivity contribution in [2.45, 2.75) is 39.2 Å². The number of benzene rings is 2. The summed E-state index contributed by atoms with van der Waals surface area (Å²) in [5.41, 5.74) is 3.49. The third-order valence-electron chi connectivity index (χ3n) is 5.07. The Morgan fingerprint density at radius 1 is 1.11 bits per heavy atom. The van der Waals surface area contributed by atoms with Gasteiger partial charge < -0.3 is 14.2 Å². The molecule has 35 heavy (non-hydrogen) atoms. The molecule has 0 amide bonds. The van der Waals surface area contributed by atoms with Crippen LogP contribution in [-0.4, -0.2) is 36.6 Å². The summed E-state index contributed by atoms with van der Waals surface area (Å²) in [5.74, 6) is 0.951. The van der Waals surface area contributed by atoms with Crippen LogP contribution in [0, 0.1) is 18.3 Å². The number of isothiocyanates is 1. The number of rotatable bonds is 11. The van der Waals surface area contributed by atoms with Gasteiger partial charge in [-0.05, 0) is 48.4 Å². The molecular formula is C26H28N4O3SSi. The molecule has 0 atom stereocenters. The largest absolute Gasteiger partial charge is 0.470 e. The molecule has 0 aliphatic rings. The van der Waals surface area contributed by atoms with Crippen molar-refractivity contribution in [1.29, 1.82) is 5.26 Å². The molecule has 180 valence electrons. The number of nitriles is 1. The number of aromatic nitrogens is 2. The lowest BCUT2D eigenvalue weighted by molar-refractivity contribution is 0.0223. The molecule has 2 aromatic carbocycles. The van der Waals surface area contributed by atoms with Crippen molar-refractivity contribution in [3.05, 3.63) is 65.4 Å². The van der Waals surface area contributed by atoms with Gasteiger partial charge in [0.15, 0.2) is 6.79 Å². The van der Waals surface area contributed by atoms with Crippen LogP contribution in [0.3, 0.4) is 0 Å².